The maximum absolute atomic E-state index is 12.1. The lowest BCUT2D eigenvalue weighted by atomic mass is 10.2. The molecule has 2 aromatic rings. The fraction of sp³-hybridized carbons (Fsp3) is 0.0667. The number of hydrogen-bond acceptors (Lipinski definition) is 5. The number of nitrogens with one attached hydrogen (secondary N) is 1. The molecule has 0 aliphatic rings. The number of carbonyl (C=O) groups is 2. The van der Waals surface area contributed by atoms with Gasteiger partial charge in [-0.1, -0.05) is 11.6 Å². The summed E-state index contributed by atoms with van der Waals surface area (Å²) in [7, 11) is 0. The highest BCUT2D eigenvalue weighted by molar-refractivity contribution is 6.34. The Morgan fingerprint density at radius 1 is 1.17 bits per heavy atom. The van der Waals surface area contributed by atoms with E-state index in [-0.39, 0.29) is 22.0 Å². The molecule has 0 atom stereocenters. The topological polar surface area (TPSA) is 98.5 Å². The fourth-order valence-electron chi connectivity index (χ4n) is 1.76. The highest BCUT2D eigenvalue weighted by Gasteiger charge is 2.13. The van der Waals surface area contributed by atoms with Gasteiger partial charge in [0, 0.05) is 24.6 Å². The zero-order valence-corrected chi connectivity index (χ0v) is 12.7. The molecule has 2 aromatic carbocycles. The Hall–Kier alpha value is -2.93. The van der Waals surface area contributed by atoms with Crippen molar-refractivity contribution < 1.29 is 19.2 Å². The molecular formula is C15H11ClN2O5. The van der Waals surface area contributed by atoms with Crippen LogP contribution in [0.4, 0.5) is 11.4 Å². The molecule has 23 heavy (non-hydrogen) atoms. The molecule has 0 spiro atoms. The summed E-state index contributed by atoms with van der Waals surface area (Å²) >= 11 is 5.92. The first-order chi connectivity index (χ1) is 10.9. The third-order valence-corrected chi connectivity index (χ3v) is 3.12. The predicted molar refractivity (Wildman–Crippen MR) is 83.8 cm³/mol. The fourth-order valence-corrected chi connectivity index (χ4v) is 1.92. The largest absolute Gasteiger partial charge is 0.427 e. The number of rotatable bonds is 4. The van der Waals surface area contributed by atoms with Crippen molar-refractivity contribution >= 4 is 34.9 Å². The van der Waals surface area contributed by atoms with Crippen LogP contribution in [-0.2, 0) is 4.79 Å². The van der Waals surface area contributed by atoms with Crippen molar-refractivity contribution in [2.45, 2.75) is 6.92 Å². The quantitative estimate of drug-likeness (QED) is 0.400. The summed E-state index contributed by atoms with van der Waals surface area (Å²) in [6.45, 7) is 1.27. The van der Waals surface area contributed by atoms with Crippen LogP contribution in [0.1, 0.15) is 17.3 Å². The van der Waals surface area contributed by atoms with E-state index in [1.807, 2.05) is 0 Å². The maximum atomic E-state index is 12.1. The Labute approximate surface area is 136 Å². The molecule has 0 saturated carbocycles. The van der Waals surface area contributed by atoms with Crippen LogP contribution in [0.15, 0.2) is 42.5 Å². The minimum absolute atomic E-state index is 0.134. The van der Waals surface area contributed by atoms with Gasteiger partial charge in [-0.15, -0.1) is 0 Å². The van der Waals surface area contributed by atoms with Gasteiger partial charge in [0.15, 0.2) is 0 Å². The van der Waals surface area contributed by atoms with Crippen LogP contribution in [0.25, 0.3) is 0 Å². The van der Waals surface area contributed by atoms with E-state index in [0.717, 1.165) is 0 Å². The van der Waals surface area contributed by atoms with Gasteiger partial charge < -0.3 is 10.1 Å². The van der Waals surface area contributed by atoms with Gasteiger partial charge in [-0.05, 0) is 30.3 Å². The highest BCUT2D eigenvalue weighted by Crippen LogP contribution is 2.27. The number of ether oxygens (including phenoxy) is 1. The number of carbonyl (C=O) groups excluding carboxylic acids is 2. The number of non-ortho nitro benzene ring substituents is 1. The summed E-state index contributed by atoms with van der Waals surface area (Å²) < 4.78 is 4.86. The third kappa shape index (κ3) is 4.27. The van der Waals surface area contributed by atoms with Crippen LogP contribution in [0.2, 0.25) is 5.02 Å². The molecule has 2 rings (SSSR count). The van der Waals surface area contributed by atoms with Crippen LogP contribution in [-0.4, -0.2) is 16.8 Å². The molecule has 1 amide bonds. The highest BCUT2D eigenvalue weighted by atomic mass is 35.5. The normalized spacial score (nSPS) is 10.0. The molecule has 118 valence electrons. The van der Waals surface area contributed by atoms with Gasteiger partial charge in [-0.3, -0.25) is 19.7 Å². The Bertz CT molecular complexity index is 774. The second-order valence-corrected chi connectivity index (χ2v) is 4.90. The van der Waals surface area contributed by atoms with E-state index in [2.05, 4.69) is 5.32 Å². The van der Waals surface area contributed by atoms with Crippen LogP contribution in [0, 0.1) is 10.1 Å². The molecule has 0 bridgehead atoms. The van der Waals surface area contributed by atoms with E-state index in [0.29, 0.717) is 5.75 Å². The summed E-state index contributed by atoms with van der Waals surface area (Å²) in [5.74, 6) is -0.658. The van der Waals surface area contributed by atoms with Crippen molar-refractivity contribution in [1.82, 2.24) is 0 Å². The Kier molecular flexibility index (Phi) is 4.92. The number of anilines is 1. The zero-order valence-electron chi connectivity index (χ0n) is 11.9. The van der Waals surface area contributed by atoms with Crippen molar-refractivity contribution in [3.8, 4) is 5.75 Å². The summed E-state index contributed by atoms with van der Waals surface area (Å²) in [6, 6.07) is 9.59. The first kappa shape index (κ1) is 16.4. The smallest absolute Gasteiger partial charge is 0.308 e. The second kappa shape index (κ2) is 6.89. The van der Waals surface area contributed by atoms with E-state index >= 15 is 0 Å². The lowest BCUT2D eigenvalue weighted by molar-refractivity contribution is -0.384. The number of amides is 1. The molecule has 0 fully saturated rings. The van der Waals surface area contributed by atoms with Crippen LogP contribution < -0.4 is 10.1 Å². The molecular weight excluding hydrogens is 324 g/mol. The van der Waals surface area contributed by atoms with E-state index in [9.17, 15) is 19.7 Å². The average molecular weight is 335 g/mol. The minimum Gasteiger partial charge on any atom is -0.427 e. The Morgan fingerprint density at radius 2 is 1.83 bits per heavy atom. The molecule has 0 aliphatic carbocycles. The summed E-state index contributed by atoms with van der Waals surface area (Å²) in [5.41, 5.74) is 0.230. The van der Waals surface area contributed by atoms with Crippen molar-refractivity contribution in [2.75, 3.05) is 5.32 Å². The zero-order chi connectivity index (χ0) is 17.0. The van der Waals surface area contributed by atoms with Crippen LogP contribution >= 0.6 is 11.6 Å². The number of hydrogen-bond donors (Lipinski definition) is 1. The second-order valence-electron chi connectivity index (χ2n) is 4.49. The average Bonchev–Trinajstić information content (AvgIpc) is 2.49. The molecule has 1 N–H and O–H groups in total. The van der Waals surface area contributed by atoms with Crippen LogP contribution in [0.3, 0.4) is 0 Å². The maximum Gasteiger partial charge on any atom is 0.308 e. The minimum atomic E-state index is -0.583. The summed E-state index contributed by atoms with van der Waals surface area (Å²) in [4.78, 5) is 33.1. The first-order valence-electron chi connectivity index (χ1n) is 6.40. The van der Waals surface area contributed by atoms with Gasteiger partial charge >= 0.3 is 5.97 Å². The van der Waals surface area contributed by atoms with E-state index in [1.54, 1.807) is 0 Å². The number of halogens is 1. The molecule has 7 nitrogen and oxygen atoms in total. The van der Waals surface area contributed by atoms with E-state index in [4.69, 9.17) is 16.3 Å². The summed E-state index contributed by atoms with van der Waals surface area (Å²) in [6.07, 6.45) is 0. The molecule has 0 unspecified atom stereocenters. The van der Waals surface area contributed by atoms with Crippen molar-refractivity contribution in [3.63, 3.8) is 0 Å². The van der Waals surface area contributed by atoms with Gasteiger partial charge in [0.25, 0.3) is 11.6 Å². The third-order valence-electron chi connectivity index (χ3n) is 2.79. The summed E-state index contributed by atoms with van der Waals surface area (Å²) in [5, 5.41) is 13.4. The van der Waals surface area contributed by atoms with E-state index in [1.165, 1.54) is 49.4 Å². The molecule has 0 saturated heterocycles. The molecule has 8 heteroatoms. The Balaban J connectivity index is 2.17. The molecule has 0 aliphatic heterocycles. The van der Waals surface area contributed by atoms with Gasteiger partial charge in [0.2, 0.25) is 0 Å². The standard InChI is InChI=1S/C15H11ClN2O5/c1-9(19)23-12-5-2-10(3-6-12)15(20)17-14-8-11(18(21)22)4-7-13(14)16/h2-8H,1H3,(H,17,20). The lowest BCUT2D eigenvalue weighted by Gasteiger charge is -2.08. The van der Waals surface area contributed by atoms with Crippen molar-refractivity contribution in [1.29, 1.82) is 0 Å². The predicted octanol–water partition coefficient (Wildman–Crippen LogP) is 3.43. The number of nitro benzene ring substituents is 1. The lowest BCUT2D eigenvalue weighted by Crippen LogP contribution is -2.12. The first-order valence-corrected chi connectivity index (χ1v) is 6.78. The molecule has 0 aromatic heterocycles. The number of nitrogens with zero attached hydrogens (tertiary/aromatic N) is 1. The van der Waals surface area contributed by atoms with Gasteiger partial charge in [-0.25, -0.2) is 0 Å². The van der Waals surface area contributed by atoms with E-state index < -0.39 is 16.8 Å². The molecule has 0 radical (unpaired) electrons. The Morgan fingerprint density at radius 3 is 2.39 bits per heavy atom. The number of nitro groups is 1. The van der Waals surface area contributed by atoms with Gasteiger partial charge in [-0.2, -0.15) is 0 Å². The number of benzene rings is 2. The monoisotopic (exact) mass is 334 g/mol. The number of esters is 1. The van der Waals surface area contributed by atoms with Crippen LogP contribution in [0.5, 0.6) is 5.75 Å². The molecule has 0 heterocycles. The van der Waals surface area contributed by atoms with Crippen molar-refractivity contribution in [3.05, 3.63) is 63.2 Å². The van der Waals surface area contributed by atoms with Gasteiger partial charge in [0.1, 0.15) is 5.75 Å². The van der Waals surface area contributed by atoms with Crippen molar-refractivity contribution in [2.24, 2.45) is 0 Å². The SMILES string of the molecule is CC(=O)Oc1ccc(C(=O)Nc2cc([N+](=O)[O-])ccc2Cl)cc1. The van der Waals surface area contributed by atoms with Gasteiger partial charge in [0.05, 0.1) is 15.6 Å².